The zero-order valence-corrected chi connectivity index (χ0v) is 8.13. The molecule has 0 aliphatic carbocycles. The molecule has 1 aromatic rings. The van der Waals surface area contributed by atoms with Crippen LogP contribution in [0.15, 0.2) is 23.3 Å². The highest BCUT2D eigenvalue weighted by molar-refractivity contribution is 5.25. The molecular formula is C9H12N2O4. The van der Waals surface area contributed by atoms with Crippen molar-refractivity contribution < 1.29 is 10.0 Å². The largest absolute Gasteiger partial charge is 0.396 e. The number of nitro groups is 1. The van der Waals surface area contributed by atoms with E-state index in [1.54, 1.807) is 4.57 Å². The van der Waals surface area contributed by atoms with E-state index in [0.717, 1.165) is 6.42 Å². The van der Waals surface area contributed by atoms with E-state index >= 15 is 0 Å². The Bertz CT molecular complexity index is 399. The standard InChI is InChI=1S/C9H12N2O4/c12-6-2-1-4-10-5-3-9(13)8(7-10)11(14)15/h3,5,7,12H,1-2,4,6H2. The Hall–Kier alpha value is -1.69. The fraction of sp³-hybridized carbons (Fsp3) is 0.444. The maximum absolute atomic E-state index is 11.0. The first kappa shape index (κ1) is 11.4. The fourth-order valence-corrected chi connectivity index (χ4v) is 1.19. The summed E-state index contributed by atoms with van der Waals surface area (Å²) < 4.78 is 1.58. The summed E-state index contributed by atoms with van der Waals surface area (Å²) >= 11 is 0. The molecule has 6 nitrogen and oxygen atoms in total. The van der Waals surface area contributed by atoms with Crippen LogP contribution in [0.4, 0.5) is 5.69 Å². The van der Waals surface area contributed by atoms with Crippen molar-refractivity contribution in [1.29, 1.82) is 0 Å². The number of aromatic nitrogens is 1. The number of aryl methyl sites for hydroxylation is 1. The van der Waals surface area contributed by atoms with Gasteiger partial charge in [0.25, 0.3) is 5.43 Å². The molecule has 0 fully saturated rings. The molecule has 0 saturated carbocycles. The molecule has 0 aromatic carbocycles. The summed E-state index contributed by atoms with van der Waals surface area (Å²) in [6, 6.07) is 1.18. The van der Waals surface area contributed by atoms with Crippen LogP contribution < -0.4 is 5.43 Å². The van der Waals surface area contributed by atoms with Crippen LogP contribution in [0.3, 0.4) is 0 Å². The van der Waals surface area contributed by atoms with Gasteiger partial charge in [-0.1, -0.05) is 0 Å². The normalized spacial score (nSPS) is 10.2. The monoisotopic (exact) mass is 212 g/mol. The topological polar surface area (TPSA) is 85.4 Å². The highest BCUT2D eigenvalue weighted by atomic mass is 16.6. The van der Waals surface area contributed by atoms with E-state index in [0.29, 0.717) is 13.0 Å². The molecule has 1 N–H and O–H groups in total. The Balaban J connectivity index is 2.79. The zero-order chi connectivity index (χ0) is 11.3. The first-order chi connectivity index (χ1) is 7.15. The van der Waals surface area contributed by atoms with E-state index in [9.17, 15) is 14.9 Å². The Morgan fingerprint density at radius 2 is 2.20 bits per heavy atom. The lowest BCUT2D eigenvalue weighted by Crippen LogP contribution is -2.11. The lowest BCUT2D eigenvalue weighted by atomic mass is 10.3. The van der Waals surface area contributed by atoms with Crippen molar-refractivity contribution in [2.75, 3.05) is 6.61 Å². The number of hydrogen-bond acceptors (Lipinski definition) is 4. The summed E-state index contributed by atoms with van der Waals surface area (Å²) in [4.78, 5) is 20.8. The second-order valence-corrected chi connectivity index (χ2v) is 3.12. The lowest BCUT2D eigenvalue weighted by Gasteiger charge is -2.04. The Labute approximate surface area is 85.9 Å². The smallest absolute Gasteiger partial charge is 0.332 e. The molecule has 0 saturated heterocycles. The number of rotatable bonds is 5. The molecule has 1 heterocycles. The van der Waals surface area contributed by atoms with Gasteiger partial charge in [-0.25, -0.2) is 0 Å². The van der Waals surface area contributed by atoms with E-state index in [1.807, 2.05) is 0 Å². The van der Waals surface area contributed by atoms with Crippen LogP contribution >= 0.6 is 0 Å². The predicted molar refractivity (Wildman–Crippen MR) is 53.7 cm³/mol. The van der Waals surface area contributed by atoms with Gasteiger partial charge in [0.2, 0.25) is 0 Å². The van der Waals surface area contributed by atoms with Gasteiger partial charge in [0.1, 0.15) is 0 Å². The van der Waals surface area contributed by atoms with Crippen molar-refractivity contribution in [3.8, 4) is 0 Å². The fourth-order valence-electron chi connectivity index (χ4n) is 1.19. The Morgan fingerprint density at radius 3 is 2.80 bits per heavy atom. The Kier molecular flexibility index (Phi) is 3.99. The zero-order valence-electron chi connectivity index (χ0n) is 8.13. The predicted octanol–water partition coefficient (Wildman–Crippen LogP) is 0.529. The van der Waals surface area contributed by atoms with Gasteiger partial charge in [-0.15, -0.1) is 0 Å². The van der Waals surface area contributed by atoms with Crippen molar-refractivity contribution in [1.82, 2.24) is 4.57 Å². The third-order valence-electron chi connectivity index (χ3n) is 1.98. The number of hydrogen-bond donors (Lipinski definition) is 1. The minimum Gasteiger partial charge on any atom is -0.396 e. The number of aliphatic hydroxyl groups is 1. The molecule has 1 aromatic heterocycles. The van der Waals surface area contributed by atoms with Crippen molar-refractivity contribution in [3.63, 3.8) is 0 Å². The van der Waals surface area contributed by atoms with Gasteiger partial charge in [0, 0.05) is 25.4 Å². The van der Waals surface area contributed by atoms with Crippen molar-refractivity contribution in [2.24, 2.45) is 0 Å². The summed E-state index contributed by atoms with van der Waals surface area (Å²) in [5.41, 5.74) is -1.00. The number of aliphatic hydroxyl groups excluding tert-OH is 1. The van der Waals surface area contributed by atoms with E-state index in [2.05, 4.69) is 0 Å². The minimum atomic E-state index is -0.690. The summed E-state index contributed by atoms with van der Waals surface area (Å²) in [5.74, 6) is 0. The van der Waals surface area contributed by atoms with Crippen LogP contribution in [0.1, 0.15) is 12.8 Å². The molecule has 0 amide bonds. The van der Waals surface area contributed by atoms with Crippen molar-refractivity contribution >= 4 is 5.69 Å². The first-order valence-corrected chi connectivity index (χ1v) is 4.60. The average molecular weight is 212 g/mol. The first-order valence-electron chi connectivity index (χ1n) is 4.60. The van der Waals surface area contributed by atoms with Crippen LogP contribution in [0.5, 0.6) is 0 Å². The number of nitrogens with zero attached hydrogens (tertiary/aromatic N) is 2. The number of unbranched alkanes of at least 4 members (excludes halogenated alkanes) is 1. The third kappa shape index (κ3) is 3.17. The Morgan fingerprint density at radius 1 is 1.47 bits per heavy atom. The molecule has 15 heavy (non-hydrogen) atoms. The molecule has 0 radical (unpaired) electrons. The summed E-state index contributed by atoms with van der Waals surface area (Å²) in [6.45, 7) is 0.657. The van der Waals surface area contributed by atoms with Crippen LogP contribution in [0, 0.1) is 10.1 Å². The second kappa shape index (κ2) is 5.26. The maximum atomic E-state index is 11.0. The van der Waals surface area contributed by atoms with Gasteiger partial charge < -0.3 is 9.67 Å². The molecule has 0 atom stereocenters. The second-order valence-electron chi connectivity index (χ2n) is 3.12. The van der Waals surface area contributed by atoms with Gasteiger partial charge in [-0.05, 0) is 12.8 Å². The minimum absolute atomic E-state index is 0.0995. The molecule has 1 rings (SSSR count). The van der Waals surface area contributed by atoms with Gasteiger partial charge in [-0.2, -0.15) is 0 Å². The molecule has 0 spiro atoms. The highest BCUT2D eigenvalue weighted by Gasteiger charge is 2.10. The highest BCUT2D eigenvalue weighted by Crippen LogP contribution is 2.03. The summed E-state index contributed by atoms with van der Waals surface area (Å²) in [6.07, 6.45) is 4.09. The van der Waals surface area contributed by atoms with Crippen LogP contribution in [-0.4, -0.2) is 21.2 Å². The summed E-state index contributed by atoms with van der Waals surface area (Å²) in [5, 5.41) is 19.0. The van der Waals surface area contributed by atoms with Crippen molar-refractivity contribution in [2.45, 2.75) is 19.4 Å². The average Bonchev–Trinajstić information content (AvgIpc) is 2.20. The number of pyridine rings is 1. The van der Waals surface area contributed by atoms with Crippen LogP contribution in [-0.2, 0) is 6.54 Å². The molecule has 0 aliphatic rings. The SMILES string of the molecule is O=c1ccn(CCCCO)cc1[N+](=O)[O-]. The van der Waals surface area contributed by atoms with E-state index in [-0.39, 0.29) is 6.61 Å². The van der Waals surface area contributed by atoms with E-state index in [1.165, 1.54) is 18.5 Å². The maximum Gasteiger partial charge on any atom is 0.332 e. The molecule has 6 heteroatoms. The van der Waals surface area contributed by atoms with Crippen LogP contribution in [0.25, 0.3) is 0 Å². The quantitative estimate of drug-likeness (QED) is 0.438. The van der Waals surface area contributed by atoms with E-state index < -0.39 is 16.0 Å². The third-order valence-corrected chi connectivity index (χ3v) is 1.98. The van der Waals surface area contributed by atoms with E-state index in [4.69, 9.17) is 5.11 Å². The van der Waals surface area contributed by atoms with Crippen molar-refractivity contribution in [3.05, 3.63) is 38.8 Å². The van der Waals surface area contributed by atoms with Gasteiger partial charge in [-0.3, -0.25) is 14.9 Å². The van der Waals surface area contributed by atoms with Gasteiger partial charge in [0.15, 0.2) is 0 Å². The lowest BCUT2D eigenvalue weighted by molar-refractivity contribution is -0.386. The molecule has 82 valence electrons. The molecular weight excluding hydrogens is 200 g/mol. The molecule has 0 bridgehead atoms. The van der Waals surface area contributed by atoms with Crippen LogP contribution in [0.2, 0.25) is 0 Å². The molecule has 0 aliphatic heterocycles. The van der Waals surface area contributed by atoms with Gasteiger partial charge >= 0.3 is 5.69 Å². The molecule has 0 unspecified atom stereocenters. The summed E-state index contributed by atoms with van der Waals surface area (Å²) in [7, 11) is 0. The van der Waals surface area contributed by atoms with Gasteiger partial charge in [0.05, 0.1) is 11.1 Å².